The minimum absolute atomic E-state index is 0.127. The summed E-state index contributed by atoms with van der Waals surface area (Å²) in [5.74, 6) is 0.960. The number of benzene rings is 2. The third-order valence-electron chi connectivity index (χ3n) is 4.01. The van der Waals surface area contributed by atoms with Gasteiger partial charge in [0.1, 0.15) is 5.82 Å². The van der Waals surface area contributed by atoms with Crippen molar-refractivity contribution in [1.82, 2.24) is 10.3 Å². The number of carbonyl (C=O) groups excluding carboxylic acids is 1. The van der Waals surface area contributed by atoms with Gasteiger partial charge in [-0.15, -0.1) is 0 Å². The number of carbonyl (C=O) groups is 1. The van der Waals surface area contributed by atoms with E-state index < -0.39 is 0 Å². The van der Waals surface area contributed by atoms with Crippen LogP contribution in [0.2, 0.25) is 0 Å². The van der Waals surface area contributed by atoms with Crippen LogP contribution in [-0.2, 0) is 17.8 Å². The minimum Gasteiger partial charge on any atom is -0.454 e. The number of hydrogen-bond acceptors (Lipinski definition) is 3. The molecule has 0 bridgehead atoms. The predicted octanol–water partition coefficient (Wildman–Crippen LogP) is 2.89. The Morgan fingerprint density at radius 1 is 1.17 bits per heavy atom. The molecule has 0 atom stereocenters. The summed E-state index contributed by atoms with van der Waals surface area (Å²) in [5, 5.41) is 3.59. The van der Waals surface area contributed by atoms with Crippen LogP contribution in [0.15, 0.2) is 42.6 Å². The van der Waals surface area contributed by atoms with Crippen LogP contribution >= 0.6 is 0 Å². The van der Waals surface area contributed by atoms with Gasteiger partial charge in [0, 0.05) is 23.6 Å². The minimum atomic E-state index is -0.316. The zero-order valence-corrected chi connectivity index (χ0v) is 12.8. The topological polar surface area (TPSA) is 63.4 Å². The highest BCUT2D eigenvalue weighted by Gasteiger charge is 2.14. The molecule has 1 aliphatic rings. The van der Waals surface area contributed by atoms with E-state index in [1.54, 1.807) is 12.3 Å². The van der Waals surface area contributed by atoms with E-state index in [1.807, 2.05) is 18.2 Å². The van der Waals surface area contributed by atoms with Gasteiger partial charge < -0.3 is 19.8 Å². The average Bonchev–Trinajstić information content (AvgIpc) is 3.19. The largest absolute Gasteiger partial charge is 0.454 e. The normalized spacial score (nSPS) is 12.5. The summed E-state index contributed by atoms with van der Waals surface area (Å²) in [6.45, 7) is 0.620. The molecule has 0 saturated heterocycles. The van der Waals surface area contributed by atoms with Crippen molar-refractivity contribution in [3.63, 3.8) is 0 Å². The first-order valence-electron chi connectivity index (χ1n) is 7.60. The molecule has 1 amide bonds. The number of hydrogen-bond donors (Lipinski definition) is 2. The Hall–Kier alpha value is -3.02. The first-order chi connectivity index (χ1) is 11.7. The summed E-state index contributed by atoms with van der Waals surface area (Å²) in [7, 11) is 0. The summed E-state index contributed by atoms with van der Waals surface area (Å²) >= 11 is 0. The molecule has 2 N–H and O–H groups in total. The lowest BCUT2D eigenvalue weighted by atomic mass is 10.1. The Balaban J connectivity index is 1.42. The Labute approximate surface area is 137 Å². The van der Waals surface area contributed by atoms with Crippen LogP contribution < -0.4 is 14.8 Å². The Morgan fingerprint density at radius 2 is 2.04 bits per heavy atom. The number of fused-ring (bicyclic) bond motifs is 2. The Morgan fingerprint density at radius 3 is 2.96 bits per heavy atom. The maximum Gasteiger partial charge on any atom is 0.231 e. The number of aromatic nitrogens is 1. The molecule has 3 aromatic rings. The number of ether oxygens (including phenoxy) is 2. The smallest absolute Gasteiger partial charge is 0.231 e. The molecule has 0 unspecified atom stereocenters. The van der Waals surface area contributed by atoms with E-state index >= 15 is 0 Å². The van der Waals surface area contributed by atoms with Crippen LogP contribution in [0.3, 0.4) is 0 Å². The molecule has 122 valence electrons. The molecule has 0 aliphatic carbocycles. The Kier molecular flexibility index (Phi) is 3.57. The van der Waals surface area contributed by atoms with E-state index in [0.29, 0.717) is 18.0 Å². The SMILES string of the molecule is O=C(Cc1c[nH]c2ccc(F)cc12)NCc1ccc2c(c1)OCO2. The molecule has 1 aromatic heterocycles. The highest BCUT2D eigenvalue weighted by molar-refractivity contribution is 5.88. The van der Waals surface area contributed by atoms with Crippen molar-refractivity contribution in [2.24, 2.45) is 0 Å². The van der Waals surface area contributed by atoms with Gasteiger partial charge in [-0.25, -0.2) is 4.39 Å². The summed E-state index contributed by atoms with van der Waals surface area (Å²) < 4.78 is 23.9. The van der Waals surface area contributed by atoms with Crippen molar-refractivity contribution in [2.75, 3.05) is 6.79 Å². The van der Waals surface area contributed by atoms with Gasteiger partial charge in [0.25, 0.3) is 0 Å². The van der Waals surface area contributed by atoms with E-state index in [9.17, 15) is 9.18 Å². The van der Waals surface area contributed by atoms with Crippen molar-refractivity contribution in [1.29, 1.82) is 0 Å². The summed E-state index contributed by atoms with van der Waals surface area (Å²) in [6.07, 6.45) is 1.93. The molecule has 0 saturated carbocycles. The molecule has 24 heavy (non-hydrogen) atoms. The highest BCUT2D eigenvalue weighted by atomic mass is 19.1. The van der Waals surface area contributed by atoms with Crippen molar-refractivity contribution in [3.8, 4) is 11.5 Å². The molecule has 4 rings (SSSR count). The quantitative estimate of drug-likeness (QED) is 0.775. The van der Waals surface area contributed by atoms with E-state index in [1.165, 1.54) is 12.1 Å². The molecule has 1 aliphatic heterocycles. The van der Waals surface area contributed by atoms with Gasteiger partial charge in [0.15, 0.2) is 11.5 Å². The second-order valence-electron chi connectivity index (χ2n) is 5.64. The molecule has 0 spiro atoms. The first-order valence-corrected chi connectivity index (χ1v) is 7.60. The maximum atomic E-state index is 13.4. The number of nitrogens with one attached hydrogen (secondary N) is 2. The van der Waals surface area contributed by atoms with E-state index in [2.05, 4.69) is 10.3 Å². The lowest BCUT2D eigenvalue weighted by molar-refractivity contribution is -0.120. The molecule has 6 heteroatoms. The van der Waals surface area contributed by atoms with Crippen LogP contribution in [0.25, 0.3) is 10.9 Å². The van der Waals surface area contributed by atoms with Crippen LogP contribution in [0.4, 0.5) is 4.39 Å². The average molecular weight is 326 g/mol. The van der Waals surface area contributed by atoms with Crippen molar-refractivity contribution >= 4 is 16.8 Å². The third kappa shape index (κ3) is 2.78. The maximum absolute atomic E-state index is 13.4. The zero-order valence-electron chi connectivity index (χ0n) is 12.8. The lowest BCUT2D eigenvalue weighted by Gasteiger charge is -2.06. The fourth-order valence-electron chi connectivity index (χ4n) is 2.78. The van der Waals surface area contributed by atoms with Gasteiger partial charge in [-0.3, -0.25) is 4.79 Å². The zero-order chi connectivity index (χ0) is 16.5. The summed E-state index contributed by atoms with van der Waals surface area (Å²) in [6, 6.07) is 10.1. The fourth-order valence-corrected chi connectivity index (χ4v) is 2.78. The van der Waals surface area contributed by atoms with E-state index in [-0.39, 0.29) is 24.9 Å². The number of H-pyrrole nitrogens is 1. The molecule has 0 radical (unpaired) electrons. The van der Waals surface area contributed by atoms with Crippen LogP contribution in [-0.4, -0.2) is 17.7 Å². The monoisotopic (exact) mass is 326 g/mol. The second kappa shape index (κ2) is 5.88. The number of halogens is 1. The number of amides is 1. The molecule has 2 heterocycles. The molecular formula is C18H15FN2O3. The van der Waals surface area contributed by atoms with Crippen LogP contribution in [0.1, 0.15) is 11.1 Å². The van der Waals surface area contributed by atoms with Crippen LogP contribution in [0.5, 0.6) is 11.5 Å². The van der Waals surface area contributed by atoms with E-state index in [0.717, 1.165) is 22.0 Å². The molecule has 2 aromatic carbocycles. The second-order valence-corrected chi connectivity index (χ2v) is 5.64. The van der Waals surface area contributed by atoms with Gasteiger partial charge in [-0.05, 0) is 41.5 Å². The lowest BCUT2D eigenvalue weighted by Crippen LogP contribution is -2.24. The molecule has 5 nitrogen and oxygen atoms in total. The number of aromatic amines is 1. The number of rotatable bonds is 4. The van der Waals surface area contributed by atoms with Gasteiger partial charge >= 0.3 is 0 Å². The third-order valence-corrected chi connectivity index (χ3v) is 4.01. The van der Waals surface area contributed by atoms with Gasteiger partial charge in [-0.2, -0.15) is 0 Å². The van der Waals surface area contributed by atoms with Crippen molar-refractivity contribution < 1.29 is 18.7 Å². The van der Waals surface area contributed by atoms with E-state index in [4.69, 9.17) is 9.47 Å². The highest BCUT2D eigenvalue weighted by Crippen LogP contribution is 2.32. The van der Waals surface area contributed by atoms with Crippen molar-refractivity contribution in [2.45, 2.75) is 13.0 Å². The van der Waals surface area contributed by atoms with Gasteiger partial charge in [-0.1, -0.05) is 6.07 Å². The predicted molar refractivity (Wildman–Crippen MR) is 86.4 cm³/mol. The first kappa shape index (κ1) is 14.6. The van der Waals surface area contributed by atoms with Gasteiger partial charge in [0.05, 0.1) is 6.42 Å². The Bertz CT molecular complexity index is 920. The van der Waals surface area contributed by atoms with Crippen LogP contribution in [0, 0.1) is 5.82 Å². The fraction of sp³-hybridized carbons (Fsp3) is 0.167. The molecule has 0 fully saturated rings. The summed E-state index contributed by atoms with van der Waals surface area (Å²) in [4.78, 5) is 15.2. The molecular weight excluding hydrogens is 311 g/mol. The van der Waals surface area contributed by atoms with Gasteiger partial charge in [0.2, 0.25) is 12.7 Å². The summed E-state index contributed by atoms with van der Waals surface area (Å²) in [5.41, 5.74) is 2.51. The standard InChI is InChI=1S/C18H15FN2O3/c19-13-2-3-15-14(7-13)12(9-20-15)6-18(22)21-8-11-1-4-16-17(5-11)24-10-23-16/h1-5,7,9,20H,6,8,10H2,(H,21,22). The van der Waals surface area contributed by atoms with Crippen molar-refractivity contribution in [3.05, 3.63) is 59.5 Å².